The maximum atomic E-state index is 13.2. The lowest BCUT2D eigenvalue weighted by Crippen LogP contribution is -2.26. The number of hydrogen-bond donors (Lipinski definition) is 2. The van der Waals surface area contributed by atoms with Crippen LogP contribution in [0.25, 0.3) is 0 Å². The molecular weight excluding hydrogens is 462 g/mol. The van der Waals surface area contributed by atoms with Gasteiger partial charge in [0.25, 0.3) is 0 Å². The number of ether oxygens (including phenoxy) is 1. The first-order chi connectivity index (χ1) is 15.9. The molecule has 0 fully saturated rings. The molecule has 0 spiro atoms. The Morgan fingerprint density at radius 1 is 0.943 bits per heavy atom. The summed E-state index contributed by atoms with van der Waals surface area (Å²) in [6, 6.07) is 8.78. The van der Waals surface area contributed by atoms with Gasteiger partial charge in [-0.3, -0.25) is 4.79 Å². The molecule has 3 rings (SSSR count). The van der Waals surface area contributed by atoms with Crippen molar-refractivity contribution in [3.8, 4) is 11.5 Å². The molecule has 0 unspecified atom stereocenters. The van der Waals surface area contributed by atoms with E-state index in [-0.39, 0.29) is 22.3 Å². The van der Waals surface area contributed by atoms with Crippen LogP contribution in [-0.2, 0) is 30.9 Å². The Balaban J connectivity index is 1.67. The van der Waals surface area contributed by atoms with Gasteiger partial charge in [-0.1, -0.05) is 41.5 Å². The van der Waals surface area contributed by atoms with Crippen LogP contribution in [0.5, 0.6) is 11.5 Å². The number of phenolic OH excluding ortho intramolecular Hbond substituents is 1. The monoisotopic (exact) mass is 501 g/mol. The summed E-state index contributed by atoms with van der Waals surface area (Å²) in [7, 11) is -3.53. The highest BCUT2D eigenvalue weighted by molar-refractivity contribution is 7.91. The zero-order chi connectivity index (χ0) is 26.4. The van der Waals surface area contributed by atoms with E-state index in [1.165, 1.54) is 0 Å². The number of hydrogen-bond acceptors (Lipinski definition) is 5. The van der Waals surface area contributed by atoms with Crippen molar-refractivity contribution in [2.75, 3.05) is 17.7 Å². The van der Waals surface area contributed by atoms with E-state index in [0.29, 0.717) is 36.3 Å². The molecule has 0 saturated carbocycles. The average molecular weight is 502 g/mol. The fourth-order valence-electron chi connectivity index (χ4n) is 4.27. The second kappa shape index (κ2) is 9.16. The highest BCUT2D eigenvalue weighted by Gasteiger charge is 2.38. The Hall–Kier alpha value is -2.54. The molecule has 2 aromatic carbocycles. The van der Waals surface area contributed by atoms with Gasteiger partial charge in [0.1, 0.15) is 11.5 Å². The van der Waals surface area contributed by atoms with Crippen molar-refractivity contribution in [1.82, 2.24) is 0 Å². The molecule has 0 radical (unpaired) electrons. The summed E-state index contributed by atoms with van der Waals surface area (Å²) >= 11 is 0. The number of carbonyl (C=O) groups is 1. The number of carbonyl (C=O) groups excluding carboxylic acids is 1. The number of nitrogens with one attached hydrogen (secondary N) is 1. The first kappa shape index (κ1) is 27.1. The molecule has 2 N–H and O–H groups in total. The first-order valence-corrected chi connectivity index (χ1v) is 13.8. The highest BCUT2D eigenvalue weighted by Crippen LogP contribution is 2.41. The van der Waals surface area contributed by atoms with Crippen molar-refractivity contribution in [2.45, 2.75) is 89.4 Å². The number of sulfone groups is 1. The topological polar surface area (TPSA) is 92.7 Å². The number of rotatable bonds is 7. The predicted octanol–water partition coefficient (Wildman–Crippen LogP) is 5.85. The SMILES string of the molecule is CC(C)(C)c1cc(S(=O)(=O)CCCCOc2ccc3c(c2)C(C)(C)C(=O)N3)cc(C(C)(C)C)c1O. The molecule has 1 aliphatic rings. The normalized spacial score (nSPS) is 15.6. The van der Waals surface area contributed by atoms with Crippen LogP contribution in [0.3, 0.4) is 0 Å². The lowest BCUT2D eigenvalue weighted by Gasteiger charge is -2.28. The number of anilines is 1. The van der Waals surface area contributed by atoms with Gasteiger partial charge in [0.05, 0.1) is 22.7 Å². The number of fused-ring (bicyclic) bond motifs is 1. The third-order valence-corrected chi connectivity index (χ3v) is 8.40. The number of unbranched alkanes of at least 4 members (excludes halogenated alkanes) is 1. The third kappa shape index (κ3) is 5.66. The fourth-order valence-corrected chi connectivity index (χ4v) is 5.69. The molecule has 1 heterocycles. The van der Waals surface area contributed by atoms with Crippen molar-refractivity contribution in [3.63, 3.8) is 0 Å². The smallest absolute Gasteiger partial charge is 0.234 e. The van der Waals surface area contributed by atoms with E-state index in [0.717, 1.165) is 11.3 Å². The van der Waals surface area contributed by atoms with Crippen molar-refractivity contribution < 1.29 is 23.1 Å². The molecule has 0 atom stereocenters. The Labute approximate surface area is 210 Å². The first-order valence-electron chi connectivity index (χ1n) is 12.1. The molecule has 2 aromatic rings. The summed E-state index contributed by atoms with van der Waals surface area (Å²) in [5, 5.41) is 13.8. The Bertz CT molecular complexity index is 1200. The maximum Gasteiger partial charge on any atom is 0.234 e. The summed E-state index contributed by atoms with van der Waals surface area (Å²) in [6.07, 6.45) is 1.03. The quantitative estimate of drug-likeness (QED) is 0.464. The summed E-state index contributed by atoms with van der Waals surface area (Å²) in [5.41, 5.74) is 1.58. The van der Waals surface area contributed by atoms with E-state index >= 15 is 0 Å². The van der Waals surface area contributed by atoms with Crippen molar-refractivity contribution >= 4 is 21.4 Å². The molecule has 0 saturated heterocycles. The number of benzene rings is 2. The fraction of sp³-hybridized carbons (Fsp3) is 0.536. The van der Waals surface area contributed by atoms with Gasteiger partial charge < -0.3 is 15.2 Å². The van der Waals surface area contributed by atoms with Crippen LogP contribution in [0.4, 0.5) is 5.69 Å². The molecule has 1 amide bonds. The van der Waals surface area contributed by atoms with Gasteiger partial charge in [-0.2, -0.15) is 0 Å². The van der Waals surface area contributed by atoms with Gasteiger partial charge >= 0.3 is 0 Å². The molecule has 1 aliphatic heterocycles. The zero-order valence-corrected chi connectivity index (χ0v) is 23.0. The molecule has 6 nitrogen and oxygen atoms in total. The van der Waals surface area contributed by atoms with E-state index < -0.39 is 26.1 Å². The van der Waals surface area contributed by atoms with Gasteiger partial charge in [0.15, 0.2) is 9.84 Å². The number of amides is 1. The van der Waals surface area contributed by atoms with Gasteiger partial charge in [0, 0.05) is 16.8 Å². The second-order valence-corrected chi connectivity index (χ2v) is 14.1. The Morgan fingerprint density at radius 2 is 1.51 bits per heavy atom. The Morgan fingerprint density at radius 3 is 2.06 bits per heavy atom. The van der Waals surface area contributed by atoms with E-state index in [1.54, 1.807) is 12.1 Å². The molecule has 0 aromatic heterocycles. The molecule has 35 heavy (non-hydrogen) atoms. The number of aromatic hydroxyl groups is 1. The van der Waals surface area contributed by atoms with Crippen LogP contribution in [0.15, 0.2) is 35.2 Å². The summed E-state index contributed by atoms with van der Waals surface area (Å²) in [6.45, 7) is 15.9. The highest BCUT2D eigenvalue weighted by atomic mass is 32.2. The summed E-state index contributed by atoms with van der Waals surface area (Å²) in [5.74, 6) is 0.809. The van der Waals surface area contributed by atoms with Crippen molar-refractivity contribution in [3.05, 3.63) is 47.0 Å². The minimum Gasteiger partial charge on any atom is -0.507 e. The van der Waals surface area contributed by atoms with Crippen LogP contribution in [0.2, 0.25) is 0 Å². The maximum absolute atomic E-state index is 13.2. The Kier molecular flexibility index (Phi) is 7.08. The van der Waals surface area contributed by atoms with Crippen molar-refractivity contribution in [1.29, 1.82) is 0 Å². The largest absolute Gasteiger partial charge is 0.507 e. The average Bonchev–Trinajstić information content (AvgIpc) is 2.94. The van der Waals surface area contributed by atoms with Crippen LogP contribution in [-0.4, -0.2) is 31.8 Å². The zero-order valence-electron chi connectivity index (χ0n) is 22.2. The molecule has 192 valence electrons. The van der Waals surface area contributed by atoms with Gasteiger partial charge in [-0.05, 0) is 73.4 Å². The van der Waals surface area contributed by atoms with Gasteiger partial charge in [-0.25, -0.2) is 8.42 Å². The molecule has 0 bridgehead atoms. The lowest BCUT2D eigenvalue weighted by molar-refractivity contribution is -0.119. The standard InChI is InChI=1S/C28H39NO5S/c1-26(2,3)21-16-19(17-22(24(21)30)27(4,5)6)35(32,33)14-10-9-13-34-18-11-12-23-20(15-18)28(7,8)25(31)29-23/h11-12,15-17,30H,9-10,13-14H2,1-8H3,(H,29,31). The summed E-state index contributed by atoms with van der Waals surface area (Å²) < 4.78 is 32.3. The van der Waals surface area contributed by atoms with Crippen LogP contribution in [0.1, 0.15) is 84.9 Å². The number of phenols is 1. The van der Waals surface area contributed by atoms with E-state index in [1.807, 2.05) is 73.6 Å². The third-order valence-electron chi connectivity index (χ3n) is 6.61. The van der Waals surface area contributed by atoms with Crippen LogP contribution >= 0.6 is 0 Å². The van der Waals surface area contributed by atoms with E-state index in [2.05, 4.69) is 5.32 Å². The van der Waals surface area contributed by atoms with E-state index in [9.17, 15) is 18.3 Å². The molecule has 7 heteroatoms. The molecule has 0 aliphatic carbocycles. The summed E-state index contributed by atoms with van der Waals surface area (Å²) in [4.78, 5) is 12.4. The minimum absolute atomic E-state index is 0.00391. The molecular formula is C28H39NO5S. The van der Waals surface area contributed by atoms with Crippen LogP contribution in [0, 0.1) is 0 Å². The van der Waals surface area contributed by atoms with Gasteiger partial charge in [0.2, 0.25) is 5.91 Å². The predicted molar refractivity (Wildman–Crippen MR) is 140 cm³/mol. The lowest BCUT2D eigenvalue weighted by atomic mass is 9.79. The second-order valence-electron chi connectivity index (χ2n) is 12.0. The van der Waals surface area contributed by atoms with E-state index in [4.69, 9.17) is 4.74 Å². The van der Waals surface area contributed by atoms with Gasteiger partial charge in [-0.15, -0.1) is 0 Å². The van der Waals surface area contributed by atoms with Crippen molar-refractivity contribution in [2.24, 2.45) is 0 Å². The van der Waals surface area contributed by atoms with Crippen LogP contribution < -0.4 is 10.1 Å². The minimum atomic E-state index is -3.53.